The average Bonchev–Trinajstić information content (AvgIpc) is 3.08. The summed E-state index contributed by atoms with van der Waals surface area (Å²) < 4.78 is 40.9. The molecule has 2 N–H and O–H groups in total. The molecule has 0 bridgehead atoms. The van der Waals surface area contributed by atoms with Crippen molar-refractivity contribution in [1.29, 1.82) is 0 Å². The first kappa shape index (κ1) is 17.8. The quantitative estimate of drug-likeness (QED) is 0.724. The van der Waals surface area contributed by atoms with Crippen LogP contribution in [-0.2, 0) is 9.59 Å². The molecule has 1 aromatic heterocycles. The van der Waals surface area contributed by atoms with Crippen LogP contribution in [0.25, 0.3) is 11.3 Å². The van der Waals surface area contributed by atoms with Crippen LogP contribution >= 0.6 is 0 Å². The third-order valence-electron chi connectivity index (χ3n) is 4.31. The van der Waals surface area contributed by atoms with Gasteiger partial charge in [-0.3, -0.25) is 9.59 Å². The predicted molar refractivity (Wildman–Crippen MR) is 94.9 cm³/mol. The van der Waals surface area contributed by atoms with E-state index in [1.54, 1.807) is 6.07 Å². The number of hydrogen-bond donors (Lipinski definition) is 2. The topological polar surface area (TPSA) is 76.0 Å². The van der Waals surface area contributed by atoms with E-state index in [1.807, 2.05) is 0 Å². The van der Waals surface area contributed by atoms with E-state index in [-0.39, 0.29) is 18.0 Å². The maximum Gasteiger partial charge on any atom is 0.249 e. The molecule has 9 heteroatoms. The standard InChI is InChI=1S/C19H13F3N4O2/c20-11-3-1-10(2-4-11)15-8-17-24-18(27)9-16(26(17)25-15)19(28)23-12-5-6-13(21)14(22)7-12/h1-8,16H,9H2,(H,23,28)(H,24,27). The largest absolute Gasteiger partial charge is 0.324 e. The lowest BCUT2D eigenvalue weighted by Crippen LogP contribution is -2.35. The lowest BCUT2D eigenvalue weighted by Gasteiger charge is -2.23. The molecule has 28 heavy (non-hydrogen) atoms. The second-order valence-electron chi connectivity index (χ2n) is 6.25. The van der Waals surface area contributed by atoms with Crippen molar-refractivity contribution in [3.8, 4) is 11.3 Å². The predicted octanol–water partition coefficient (Wildman–Crippen LogP) is 3.49. The zero-order valence-electron chi connectivity index (χ0n) is 14.2. The molecular weight excluding hydrogens is 373 g/mol. The SMILES string of the molecule is O=C1CC(C(=O)Nc2ccc(F)c(F)c2)n2nc(-c3ccc(F)cc3)cc2N1. The molecule has 6 nitrogen and oxygen atoms in total. The highest BCUT2D eigenvalue weighted by Gasteiger charge is 2.32. The molecule has 0 spiro atoms. The van der Waals surface area contributed by atoms with Gasteiger partial charge < -0.3 is 10.6 Å². The van der Waals surface area contributed by atoms with Crippen molar-refractivity contribution >= 4 is 23.3 Å². The lowest BCUT2D eigenvalue weighted by atomic mass is 10.1. The number of nitrogens with one attached hydrogen (secondary N) is 2. The minimum atomic E-state index is -1.10. The number of fused-ring (bicyclic) bond motifs is 1. The number of benzene rings is 2. The van der Waals surface area contributed by atoms with Gasteiger partial charge in [0.15, 0.2) is 11.6 Å². The molecule has 2 aromatic carbocycles. The highest BCUT2D eigenvalue weighted by atomic mass is 19.2. The maximum absolute atomic E-state index is 13.4. The van der Waals surface area contributed by atoms with E-state index in [9.17, 15) is 22.8 Å². The molecule has 142 valence electrons. The average molecular weight is 386 g/mol. The van der Waals surface area contributed by atoms with E-state index in [1.165, 1.54) is 35.0 Å². The van der Waals surface area contributed by atoms with Crippen LogP contribution < -0.4 is 10.6 Å². The zero-order valence-corrected chi connectivity index (χ0v) is 14.2. The molecule has 1 atom stereocenters. The van der Waals surface area contributed by atoms with Gasteiger partial charge >= 0.3 is 0 Å². The summed E-state index contributed by atoms with van der Waals surface area (Å²) in [6, 6.07) is 9.16. The molecule has 2 heterocycles. The number of amides is 2. The fourth-order valence-electron chi connectivity index (χ4n) is 2.95. The second-order valence-corrected chi connectivity index (χ2v) is 6.25. The van der Waals surface area contributed by atoms with Crippen molar-refractivity contribution in [3.63, 3.8) is 0 Å². The summed E-state index contributed by atoms with van der Waals surface area (Å²) >= 11 is 0. The van der Waals surface area contributed by atoms with Crippen LogP contribution in [0.15, 0.2) is 48.5 Å². The second kappa shape index (κ2) is 6.84. The summed E-state index contributed by atoms with van der Waals surface area (Å²) in [5.74, 6) is -3.21. The Morgan fingerprint density at radius 3 is 2.54 bits per heavy atom. The van der Waals surface area contributed by atoms with E-state index in [2.05, 4.69) is 15.7 Å². The zero-order chi connectivity index (χ0) is 19.8. The van der Waals surface area contributed by atoms with Gasteiger partial charge in [0, 0.05) is 23.4 Å². The molecule has 1 aliphatic rings. The molecule has 1 aliphatic heterocycles. The maximum atomic E-state index is 13.4. The molecule has 1 unspecified atom stereocenters. The number of anilines is 2. The number of nitrogens with zero attached hydrogens (tertiary/aromatic N) is 2. The van der Waals surface area contributed by atoms with Gasteiger partial charge in [-0.15, -0.1) is 0 Å². The van der Waals surface area contributed by atoms with Crippen molar-refractivity contribution in [3.05, 3.63) is 66.0 Å². The Bertz CT molecular complexity index is 1080. The van der Waals surface area contributed by atoms with Crippen molar-refractivity contribution < 1.29 is 22.8 Å². The summed E-state index contributed by atoms with van der Waals surface area (Å²) in [6.45, 7) is 0. The first-order valence-electron chi connectivity index (χ1n) is 8.32. The van der Waals surface area contributed by atoms with Gasteiger partial charge in [-0.25, -0.2) is 17.9 Å². The molecule has 3 aromatic rings. The Morgan fingerprint density at radius 2 is 1.82 bits per heavy atom. The van der Waals surface area contributed by atoms with E-state index in [0.717, 1.165) is 12.1 Å². The van der Waals surface area contributed by atoms with Crippen LogP contribution in [-0.4, -0.2) is 21.6 Å². The Labute approximate surface area is 157 Å². The third kappa shape index (κ3) is 3.34. The van der Waals surface area contributed by atoms with E-state index < -0.39 is 29.4 Å². The lowest BCUT2D eigenvalue weighted by molar-refractivity contribution is -0.125. The first-order chi connectivity index (χ1) is 13.4. The van der Waals surface area contributed by atoms with Gasteiger partial charge in [0.05, 0.1) is 12.1 Å². The summed E-state index contributed by atoms with van der Waals surface area (Å²) in [4.78, 5) is 24.6. The number of carbonyl (C=O) groups excluding carboxylic acids is 2. The van der Waals surface area contributed by atoms with Crippen LogP contribution in [0.3, 0.4) is 0 Å². The van der Waals surface area contributed by atoms with Gasteiger partial charge in [-0.2, -0.15) is 5.10 Å². The van der Waals surface area contributed by atoms with Gasteiger partial charge in [-0.1, -0.05) is 0 Å². The number of hydrogen-bond acceptors (Lipinski definition) is 3. The van der Waals surface area contributed by atoms with Gasteiger partial charge in [0.1, 0.15) is 17.7 Å². The first-order valence-corrected chi connectivity index (χ1v) is 8.32. The molecule has 0 fully saturated rings. The Balaban J connectivity index is 1.63. The Hall–Kier alpha value is -3.62. The van der Waals surface area contributed by atoms with Crippen LogP contribution in [0.1, 0.15) is 12.5 Å². The highest BCUT2D eigenvalue weighted by molar-refractivity contribution is 6.01. The van der Waals surface area contributed by atoms with Crippen molar-refractivity contribution in [2.24, 2.45) is 0 Å². The van der Waals surface area contributed by atoms with Crippen molar-refractivity contribution in [2.75, 3.05) is 10.6 Å². The van der Waals surface area contributed by atoms with E-state index in [0.29, 0.717) is 17.1 Å². The van der Waals surface area contributed by atoms with Crippen molar-refractivity contribution in [2.45, 2.75) is 12.5 Å². The van der Waals surface area contributed by atoms with Gasteiger partial charge in [0.25, 0.3) is 0 Å². The number of carbonyl (C=O) groups is 2. The smallest absolute Gasteiger partial charge is 0.249 e. The normalized spacial score (nSPS) is 15.7. The van der Waals surface area contributed by atoms with Crippen molar-refractivity contribution in [1.82, 2.24) is 9.78 Å². The Morgan fingerprint density at radius 1 is 1.07 bits per heavy atom. The van der Waals surface area contributed by atoms with Gasteiger partial charge in [0.2, 0.25) is 11.8 Å². The minimum absolute atomic E-state index is 0.0577. The highest BCUT2D eigenvalue weighted by Crippen LogP contribution is 2.30. The fourth-order valence-corrected chi connectivity index (χ4v) is 2.95. The summed E-state index contributed by atoms with van der Waals surface area (Å²) in [7, 11) is 0. The van der Waals surface area contributed by atoms with Crippen LogP contribution in [0, 0.1) is 17.5 Å². The summed E-state index contributed by atoms with van der Waals surface area (Å²) in [6.07, 6.45) is -0.174. The molecule has 0 saturated carbocycles. The third-order valence-corrected chi connectivity index (χ3v) is 4.31. The number of halogens is 3. The Kier molecular flexibility index (Phi) is 4.34. The molecule has 0 radical (unpaired) electrons. The monoisotopic (exact) mass is 386 g/mol. The van der Waals surface area contributed by atoms with Crippen LogP contribution in [0.2, 0.25) is 0 Å². The fraction of sp³-hybridized carbons (Fsp3) is 0.105. The van der Waals surface area contributed by atoms with E-state index >= 15 is 0 Å². The molecule has 2 amide bonds. The van der Waals surface area contributed by atoms with Crippen LogP contribution in [0.5, 0.6) is 0 Å². The molecule has 0 aliphatic carbocycles. The number of rotatable bonds is 3. The summed E-state index contributed by atoms with van der Waals surface area (Å²) in [5, 5.41) is 9.43. The van der Waals surface area contributed by atoms with Gasteiger partial charge in [-0.05, 0) is 36.4 Å². The molecule has 4 rings (SSSR count). The van der Waals surface area contributed by atoms with E-state index in [4.69, 9.17) is 0 Å². The van der Waals surface area contributed by atoms with Crippen LogP contribution in [0.4, 0.5) is 24.7 Å². The number of aromatic nitrogens is 2. The molecular formula is C19H13F3N4O2. The summed E-state index contributed by atoms with van der Waals surface area (Å²) in [5.41, 5.74) is 1.11. The molecule has 0 saturated heterocycles. The minimum Gasteiger partial charge on any atom is -0.324 e.